The first-order valence-electron chi connectivity index (χ1n) is 25.7. The minimum atomic E-state index is -3.25. The fourth-order valence-corrected chi connectivity index (χ4v) is 22.9. The second kappa shape index (κ2) is 17.1. The first-order valence-corrected chi connectivity index (χ1v) is 29.7. The van der Waals surface area contributed by atoms with Crippen molar-refractivity contribution in [3.05, 3.63) is 286 Å². The van der Waals surface area contributed by atoms with E-state index in [2.05, 4.69) is 281 Å². The molecule has 0 saturated heterocycles. The van der Waals surface area contributed by atoms with E-state index in [9.17, 15) is 0 Å². The predicted octanol–water partition coefficient (Wildman–Crippen LogP) is 10.7. The zero-order valence-electron chi connectivity index (χ0n) is 40.9. The molecule has 1 aliphatic heterocycles. The summed E-state index contributed by atoms with van der Waals surface area (Å²) in [6.07, 6.45) is 5.98. The predicted molar refractivity (Wildman–Crippen MR) is 318 cm³/mol. The molecular formula is C68H47N5Si2. The molecule has 0 fully saturated rings. The van der Waals surface area contributed by atoms with E-state index in [1.807, 2.05) is 18.5 Å². The summed E-state index contributed by atoms with van der Waals surface area (Å²) in [5, 5.41) is 16.4. The van der Waals surface area contributed by atoms with Gasteiger partial charge in [-0.3, -0.25) is 9.30 Å². The van der Waals surface area contributed by atoms with Crippen LogP contribution in [0.1, 0.15) is 0 Å². The van der Waals surface area contributed by atoms with Crippen LogP contribution in [-0.2, 0) is 0 Å². The SMILES string of the molecule is c1ccc(-n2c3ccccc3c3c4c(ccc32)[Si](c2ccccc2)(c2ccccc2)c2ccc([Si](c3ccccc3)(c3ccccc3)c3ccc5c6ccccc6n6ccnc6c5c3)cc2N4c2ccccn2)cc1. The van der Waals surface area contributed by atoms with Crippen LogP contribution in [0.15, 0.2) is 286 Å². The van der Waals surface area contributed by atoms with Crippen LogP contribution in [0.5, 0.6) is 0 Å². The molecule has 0 atom stereocenters. The number of imidazole rings is 1. The van der Waals surface area contributed by atoms with Crippen molar-refractivity contribution < 1.29 is 0 Å². The van der Waals surface area contributed by atoms with Crippen molar-refractivity contribution in [2.75, 3.05) is 4.90 Å². The highest BCUT2D eigenvalue weighted by molar-refractivity contribution is 7.22. The summed E-state index contributed by atoms with van der Waals surface area (Å²) in [6.45, 7) is 0. The summed E-state index contributed by atoms with van der Waals surface area (Å²) in [7, 11) is -6.45. The lowest BCUT2D eigenvalue weighted by Crippen LogP contribution is -2.78. The highest BCUT2D eigenvalue weighted by Gasteiger charge is 2.51. The molecule has 1 aliphatic rings. The third-order valence-corrected chi connectivity index (χ3v) is 25.6. The van der Waals surface area contributed by atoms with E-state index in [4.69, 9.17) is 9.97 Å². The number of hydrogen-bond acceptors (Lipinski definition) is 3. The number of nitrogens with zero attached hydrogens (tertiary/aromatic N) is 5. The molecule has 0 aliphatic carbocycles. The normalized spacial score (nSPS) is 13.1. The second-order valence-electron chi connectivity index (χ2n) is 19.7. The van der Waals surface area contributed by atoms with Crippen molar-refractivity contribution in [3.63, 3.8) is 0 Å². The van der Waals surface area contributed by atoms with Gasteiger partial charge in [-0.25, -0.2) is 9.97 Å². The summed E-state index contributed by atoms with van der Waals surface area (Å²) in [5.41, 5.74) is 7.86. The number of fused-ring (bicyclic) bond motifs is 12. The first-order chi connectivity index (χ1) is 37.2. The van der Waals surface area contributed by atoms with Gasteiger partial charge in [-0.15, -0.1) is 0 Å². The standard InChI is InChI=1S/C68H47N5Si2/c1-6-22-48(23-7-1)72-60-35-19-17-33-57(60)66-61(72)40-42-64-67(66)73(65-36-20-21-43-69-65)62-47-54(38-41-63(62)75(64,51-28-12-4-13-29-51)52-30-14-5-15-31-52)74(49-24-8-2-9-25-49,50-26-10-3-11-27-50)53-37-39-55-56-32-16-18-34-59(56)71-45-44-70-68(71)58(55)46-53/h1-47H. The first kappa shape index (κ1) is 43.2. The molecule has 15 rings (SSSR count). The fourth-order valence-electron chi connectivity index (χ4n) is 13.0. The molecule has 5 nitrogen and oxygen atoms in total. The van der Waals surface area contributed by atoms with E-state index in [1.54, 1.807) is 0 Å². The van der Waals surface area contributed by atoms with Gasteiger partial charge in [0.2, 0.25) is 0 Å². The van der Waals surface area contributed by atoms with Gasteiger partial charge in [0.1, 0.15) is 11.5 Å². The van der Waals surface area contributed by atoms with Crippen LogP contribution < -0.4 is 46.4 Å². The number of para-hydroxylation sites is 3. The van der Waals surface area contributed by atoms with Gasteiger partial charge in [0.15, 0.2) is 16.1 Å². The Morgan fingerprint density at radius 1 is 0.373 bits per heavy atom. The molecule has 0 bridgehead atoms. The quantitative estimate of drug-likeness (QED) is 0.0865. The van der Waals surface area contributed by atoms with Crippen LogP contribution in [0.3, 0.4) is 0 Å². The Hall–Kier alpha value is -9.41. The van der Waals surface area contributed by atoms with E-state index < -0.39 is 16.1 Å². The van der Waals surface area contributed by atoms with Crippen molar-refractivity contribution in [2.45, 2.75) is 0 Å². The Kier molecular flexibility index (Phi) is 9.85. The highest BCUT2D eigenvalue weighted by Crippen LogP contribution is 2.45. The van der Waals surface area contributed by atoms with Gasteiger partial charge < -0.3 is 4.57 Å². The zero-order chi connectivity index (χ0) is 49.5. The lowest BCUT2D eigenvalue weighted by Gasteiger charge is -2.46. The second-order valence-corrected chi connectivity index (χ2v) is 27.2. The molecule has 0 saturated carbocycles. The molecule has 10 aromatic carbocycles. The van der Waals surface area contributed by atoms with E-state index in [1.165, 1.54) is 68.7 Å². The number of benzene rings is 10. The summed E-state index contributed by atoms with van der Waals surface area (Å²) < 4.78 is 4.70. The summed E-state index contributed by atoms with van der Waals surface area (Å²) >= 11 is 0. The molecule has 0 radical (unpaired) electrons. The van der Waals surface area contributed by atoms with E-state index in [0.717, 1.165) is 44.8 Å². The van der Waals surface area contributed by atoms with Crippen LogP contribution in [0, 0.1) is 0 Å². The minimum absolute atomic E-state index is 0.871. The van der Waals surface area contributed by atoms with Crippen LogP contribution in [0.25, 0.3) is 54.8 Å². The molecule has 0 unspecified atom stereocenters. The molecular weight excluding hydrogens is 943 g/mol. The average molecular weight is 990 g/mol. The average Bonchev–Trinajstić information content (AvgIpc) is 4.19. The van der Waals surface area contributed by atoms with Crippen LogP contribution in [0.4, 0.5) is 17.2 Å². The lowest BCUT2D eigenvalue weighted by molar-refractivity contribution is 1.17. The summed E-state index contributed by atoms with van der Waals surface area (Å²) in [4.78, 5) is 12.9. The maximum atomic E-state index is 5.33. The van der Waals surface area contributed by atoms with Crippen LogP contribution in [0.2, 0.25) is 0 Å². The van der Waals surface area contributed by atoms with Crippen LogP contribution >= 0.6 is 0 Å². The highest BCUT2D eigenvalue weighted by atomic mass is 28.3. The third kappa shape index (κ3) is 6.23. The molecule has 0 N–H and O–H groups in total. The van der Waals surface area contributed by atoms with E-state index in [0.29, 0.717) is 0 Å². The third-order valence-electron chi connectivity index (χ3n) is 16.0. The Labute approximate surface area is 436 Å². The van der Waals surface area contributed by atoms with Crippen LogP contribution in [-0.4, -0.2) is 35.1 Å². The van der Waals surface area contributed by atoms with E-state index in [-0.39, 0.29) is 0 Å². The Bertz CT molecular complexity index is 4390. The van der Waals surface area contributed by atoms with Gasteiger partial charge in [0.25, 0.3) is 0 Å². The molecule has 4 aromatic heterocycles. The number of aromatic nitrogens is 4. The maximum Gasteiger partial charge on any atom is 0.184 e. The monoisotopic (exact) mass is 989 g/mol. The number of pyridine rings is 2. The van der Waals surface area contributed by atoms with Crippen molar-refractivity contribution in [3.8, 4) is 5.69 Å². The van der Waals surface area contributed by atoms with Gasteiger partial charge >= 0.3 is 0 Å². The molecule has 0 spiro atoms. The summed E-state index contributed by atoms with van der Waals surface area (Å²) in [5.74, 6) is 0.871. The van der Waals surface area contributed by atoms with Crippen molar-refractivity contribution in [2.24, 2.45) is 0 Å². The van der Waals surface area contributed by atoms with Gasteiger partial charge in [0, 0.05) is 51.5 Å². The zero-order valence-corrected chi connectivity index (χ0v) is 42.9. The smallest absolute Gasteiger partial charge is 0.184 e. The van der Waals surface area contributed by atoms with Gasteiger partial charge in [-0.2, -0.15) is 0 Å². The number of hydrogen-bond donors (Lipinski definition) is 0. The Morgan fingerprint density at radius 2 is 0.947 bits per heavy atom. The van der Waals surface area contributed by atoms with Crippen molar-refractivity contribution in [1.29, 1.82) is 0 Å². The Morgan fingerprint density at radius 3 is 1.63 bits per heavy atom. The fraction of sp³-hybridized carbons (Fsp3) is 0. The van der Waals surface area contributed by atoms with Crippen molar-refractivity contribution in [1.82, 2.24) is 18.9 Å². The molecule has 14 aromatic rings. The molecule has 75 heavy (non-hydrogen) atoms. The maximum absolute atomic E-state index is 5.33. The van der Waals surface area contributed by atoms with Gasteiger partial charge in [0.05, 0.1) is 22.2 Å². The van der Waals surface area contributed by atoms with Gasteiger partial charge in [-0.1, -0.05) is 218 Å². The number of anilines is 3. The van der Waals surface area contributed by atoms with Gasteiger partial charge in [-0.05, 0) is 95.4 Å². The summed E-state index contributed by atoms with van der Waals surface area (Å²) in [6, 6.07) is 100. The largest absolute Gasteiger partial charge is 0.309 e. The molecule has 0 amide bonds. The molecule has 5 heterocycles. The topological polar surface area (TPSA) is 38.4 Å². The van der Waals surface area contributed by atoms with Crippen molar-refractivity contribution >= 4 is 124 Å². The number of rotatable bonds is 8. The molecule has 7 heteroatoms. The Balaban J connectivity index is 1.13. The lowest BCUT2D eigenvalue weighted by atomic mass is 10.1. The van der Waals surface area contributed by atoms with E-state index >= 15 is 0 Å². The molecule has 352 valence electrons. The minimum Gasteiger partial charge on any atom is -0.309 e.